The van der Waals surface area contributed by atoms with Crippen molar-refractivity contribution in [3.8, 4) is 0 Å². The van der Waals surface area contributed by atoms with Crippen LogP contribution < -0.4 is 0 Å². The first-order valence-electron chi connectivity index (χ1n) is 9.97. The molecule has 1 aliphatic carbocycles. The Hall–Kier alpha value is -2.03. The van der Waals surface area contributed by atoms with Gasteiger partial charge in [0.15, 0.2) is 5.78 Å². The van der Waals surface area contributed by atoms with Crippen LogP contribution in [0.3, 0.4) is 0 Å². The Balaban J connectivity index is 1.38. The van der Waals surface area contributed by atoms with E-state index in [0.29, 0.717) is 38.8 Å². The molecule has 1 aromatic carbocycles. The molecule has 156 valence electrons. The maximum atomic E-state index is 13.1. The third-order valence-corrected chi connectivity index (χ3v) is 7.76. The molecule has 0 bridgehead atoms. The van der Waals surface area contributed by atoms with Crippen molar-refractivity contribution in [3.63, 3.8) is 0 Å². The Bertz CT molecular complexity index is 1020. The summed E-state index contributed by atoms with van der Waals surface area (Å²) in [5, 5.41) is 0. The van der Waals surface area contributed by atoms with Crippen molar-refractivity contribution < 1.29 is 17.6 Å². The van der Waals surface area contributed by atoms with Crippen molar-refractivity contribution in [2.24, 2.45) is 0 Å². The number of hydrogen-bond acceptors (Lipinski definition) is 4. The molecule has 2 heterocycles. The lowest BCUT2D eigenvalue weighted by molar-refractivity contribution is 0.0901. The van der Waals surface area contributed by atoms with Gasteiger partial charge in [-0.15, -0.1) is 0 Å². The Morgan fingerprint density at radius 2 is 1.69 bits per heavy atom. The first kappa shape index (κ1) is 20.3. The molecule has 2 aromatic rings. The van der Waals surface area contributed by atoms with E-state index >= 15 is 0 Å². The minimum atomic E-state index is -3.64. The fourth-order valence-electron chi connectivity index (χ4n) is 4.13. The molecule has 0 unspecified atom stereocenters. The number of benzene rings is 1. The van der Waals surface area contributed by atoms with Gasteiger partial charge < -0.3 is 4.57 Å². The summed E-state index contributed by atoms with van der Waals surface area (Å²) in [5.41, 5.74) is 2.94. The van der Waals surface area contributed by atoms with Gasteiger partial charge in [-0.25, -0.2) is 12.8 Å². The zero-order valence-electron chi connectivity index (χ0n) is 16.8. The van der Waals surface area contributed by atoms with Crippen molar-refractivity contribution in [2.75, 3.05) is 32.7 Å². The molecule has 0 radical (unpaired) electrons. The van der Waals surface area contributed by atoms with Gasteiger partial charge in [0.05, 0.1) is 11.4 Å². The van der Waals surface area contributed by atoms with Crippen LogP contribution in [-0.2, 0) is 10.0 Å². The molecular formula is C21H26FN3O3S. The number of aryl methyl sites for hydroxylation is 1. The molecule has 1 saturated heterocycles. The second-order valence-corrected chi connectivity index (χ2v) is 9.88. The molecule has 2 fully saturated rings. The van der Waals surface area contributed by atoms with E-state index < -0.39 is 15.8 Å². The number of aromatic nitrogens is 1. The zero-order chi connectivity index (χ0) is 20.8. The summed E-state index contributed by atoms with van der Waals surface area (Å²) < 4.78 is 42.2. The summed E-state index contributed by atoms with van der Waals surface area (Å²) >= 11 is 0. The Labute approximate surface area is 171 Å². The van der Waals surface area contributed by atoms with E-state index in [-0.39, 0.29) is 10.7 Å². The fraction of sp³-hybridized carbons (Fsp3) is 0.476. The normalized spacial score (nSPS) is 18.9. The Kier molecular flexibility index (Phi) is 5.35. The second kappa shape index (κ2) is 7.66. The summed E-state index contributed by atoms with van der Waals surface area (Å²) in [5.74, 6) is -0.381. The molecule has 0 spiro atoms. The molecule has 0 atom stereocenters. The van der Waals surface area contributed by atoms with Gasteiger partial charge in [0.25, 0.3) is 0 Å². The number of sulfonamides is 1. The molecule has 0 amide bonds. The SMILES string of the molecule is Cc1cc(C(=O)CN2CCN(S(=O)(=O)c3ccc(F)cc3)CC2)c(C)n1C1CC1. The number of piperazine rings is 1. The van der Waals surface area contributed by atoms with Crippen molar-refractivity contribution >= 4 is 15.8 Å². The topological polar surface area (TPSA) is 62.6 Å². The van der Waals surface area contributed by atoms with Gasteiger partial charge in [-0.3, -0.25) is 9.69 Å². The standard InChI is InChI=1S/C21H26FN3O3S/c1-15-13-20(16(2)25(15)18-5-6-18)21(26)14-23-9-11-24(12-10-23)29(27,28)19-7-3-17(22)4-8-19/h3-4,7-8,13,18H,5-6,9-12,14H2,1-2H3. The van der Waals surface area contributed by atoms with Crippen molar-refractivity contribution in [1.82, 2.24) is 13.8 Å². The number of carbonyl (C=O) groups excluding carboxylic acids is 1. The van der Waals surface area contributed by atoms with E-state index in [2.05, 4.69) is 4.57 Å². The summed E-state index contributed by atoms with van der Waals surface area (Å²) in [7, 11) is -3.64. The predicted molar refractivity (Wildman–Crippen MR) is 108 cm³/mol. The highest BCUT2D eigenvalue weighted by Gasteiger charge is 2.31. The average Bonchev–Trinajstić information content (AvgIpc) is 3.47. The Morgan fingerprint density at radius 1 is 1.07 bits per heavy atom. The van der Waals surface area contributed by atoms with E-state index in [1.54, 1.807) is 0 Å². The van der Waals surface area contributed by atoms with Gasteiger partial charge in [0.1, 0.15) is 5.82 Å². The quantitative estimate of drug-likeness (QED) is 0.676. The number of nitrogens with zero attached hydrogens (tertiary/aromatic N) is 3. The van der Waals surface area contributed by atoms with Crippen LogP contribution in [0.1, 0.15) is 40.6 Å². The van der Waals surface area contributed by atoms with Crippen LogP contribution in [0, 0.1) is 19.7 Å². The monoisotopic (exact) mass is 419 g/mol. The number of carbonyl (C=O) groups is 1. The number of Topliss-reactive ketones (excluding diaryl/α,β-unsaturated/α-hetero) is 1. The molecule has 8 heteroatoms. The molecule has 1 saturated carbocycles. The summed E-state index contributed by atoms with van der Waals surface area (Å²) in [4.78, 5) is 14.9. The smallest absolute Gasteiger partial charge is 0.243 e. The largest absolute Gasteiger partial charge is 0.345 e. The third kappa shape index (κ3) is 4.01. The maximum absolute atomic E-state index is 13.1. The zero-order valence-corrected chi connectivity index (χ0v) is 17.6. The lowest BCUT2D eigenvalue weighted by Crippen LogP contribution is -2.49. The second-order valence-electron chi connectivity index (χ2n) is 7.94. The number of rotatable bonds is 6. The van der Waals surface area contributed by atoms with Crippen molar-refractivity contribution in [1.29, 1.82) is 0 Å². The first-order valence-corrected chi connectivity index (χ1v) is 11.4. The van der Waals surface area contributed by atoms with Crippen LogP contribution in [0.15, 0.2) is 35.2 Å². The van der Waals surface area contributed by atoms with E-state index in [0.717, 1.165) is 29.1 Å². The van der Waals surface area contributed by atoms with E-state index in [9.17, 15) is 17.6 Å². The maximum Gasteiger partial charge on any atom is 0.243 e. The molecule has 0 N–H and O–H groups in total. The lowest BCUT2D eigenvalue weighted by Gasteiger charge is -2.33. The average molecular weight is 420 g/mol. The van der Waals surface area contributed by atoms with Crippen molar-refractivity contribution in [3.05, 3.63) is 53.1 Å². The molecule has 29 heavy (non-hydrogen) atoms. The lowest BCUT2D eigenvalue weighted by atomic mass is 10.1. The van der Waals surface area contributed by atoms with E-state index in [4.69, 9.17) is 0 Å². The number of ketones is 1. The van der Waals surface area contributed by atoms with Gasteiger partial charge in [-0.2, -0.15) is 4.31 Å². The molecule has 4 rings (SSSR count). The number of halogens is 1. The minimum Gasteiger partial charge on any atom is -0.345 e. The highest BCUT2D eigenvalue weighted by Crippen LogP contribution is 2.38. The van der Waals surface area contributed by atoms with Gasteiger partial charge in [-0.05, 0) is 57.0 Å². The van der Waals surface area contributed by atoms with Gasteiger partial charge in [-0.1, -0.05) is 0 Å². The predicted octanol–water partition coefficient (Wildman–Crippen LogP) is 2.77. The highest BCUT2D eigenvalue weighted by molar-refractivity contribution is 7.89. The number of hydrogen-bond donors (Lipinski definition) is 0. The Morgan fingerprint density at radius 3 is 2.28 bits per heavy atom. The van der Waals surface area contributed by atoms with Gasteiger partial charge in [0.2, 0.25) is 10.0 Å². The fourth-order valence-corrected chi connectivity index (χ4v) is 5.55. The third-order valence-electron chi connectivity index (χ3n) is 5.85. The van der Waals surface area contributed by atoms with Gasteiger partial charge >= 0.3 is 0 Å². The molecule has 6 nitrogen and oxygen atoms in total. The van der Waals surface area contributed by atoms with Crippen LogP contribution in [0.5, 0.6) is 0 Å². The van der Waals surface area contributed by atoms with Crippen LogP contribution >= 0.6 is 0 Å². The molecule has 1 aromatic heterocycles. The van der Waals surface area contributed by atoms with Crippen LogP contribution in [0.4, 0.5) is 4.39 Å². The van der Waals surface area contributed by atoms with Crippen molar-refractivity contribution in [2.45, 2.75) is 37.6 Å². The van der Waals surface area contributed by atoms with Crippen LogP contribution in [0.25, 0.3) is 0 Å². The molecular weight excluding hydrogens is 393 g/mol. The van der Waals surface area contributed by atoms with Gasteiger partial charge in [0, 0.05) is 49.2 Å². The molecule has 2 aliphatic rings. The summed E-state index contributed by atoms with van der Waals surface area (Å²) in [6.07, 6.45) is 2.35. The summed E-state index contributed by atoms with van der Waals surface area (Å²) in [6.45, 7) is 5.95. The summed E-state index contributed by atoms with van der Waals surface area (Å²) in [6, 6.07) is 7.40. The van der Waals surface area contributed by atoms with Crippen LogP contribution in [-0.4, -0.2) is 60.7 Å². The van der Waals surface area contributed by atoms with Crippen LogP contribution in [0.2, 0.25) is 0 Å². The molecule has 1 aliphatic heterocycles. The van der Waals surface area contributed by atoms with E-state index in [1.165, 1.54) is 29.3 Å². The first-order chi connectivity index (χ1) is 13.8. The minimum absolute atomic E-state index is 0.0832. The highest BCUT2D eigenvalue weighted by atomic mass is 32.2. The van der Waals surface area contributed by atoms with E-state index in [1.807, 2.05) is 24.8 Å².